The van der Waals surface area contributed by atoms with Crippen molar-refractivity contribution < 1.29 is 4.74 Å². The van der Waals surface area contributed by atoms with Crippen molar-refractivity contribution in [1.29, 1.82) is 0 Å². The Morgan fingerprint density at radius 1 is 1.10 bits per heavy atom. The van der Waals surface area contributed by atoms with E-state index in [-0.39, 0.29) is 11.3 Å². The molecule has 0 heterocycles. The molecule has 0 fully saturated rings. The van der Waals surface area contributed by atoms with Gasteiger partial charge < -0.3 is 4.74 Å². The van der Waals surface area contributed by atoms with Gasteiger partial charge in [-0.25, -0.2) is 0 Å². The molecule has 20 heavy (non-hydrogen) atoms. The SMILES string of the molecule is CCOc1ccc(C(Cl)C(C)c2ccccc2)cc1Br. The van der Waals surface area contributed by atoms with Crippen molar-refractivity contribution in [1.82, 2.24) is 0 Å². The second-order valence-electron chi connectivity index (χ2n) is 4.72. The zero-order valence-corrected chi connectivity index (χ0v) is 14.0. The highest BCUT2D eigenvalue weighted by atomic mass is 79.9. The van der Waals surface area contributed by atoms with Crippen LogP contribution in [-0.2, 0) is 0 Å². The van der Waals surface area contributed by atoms with E-state index in [2.05, 4.69) is 35.0 Å². The first-order valence-corrected chi connectivity index (χ1v) is 7.97. The number of halogens is 2. The Morgan fingerprint density at radius 2 is 1.80 bits per heavy atom. The third-order valence-corrected chi connectivity index (χ3v) is 4.59. The van der Waals surface area contributed by atoms with Crippen molar-refractivity contribution in [2.45, 2.75) is 25.1 Å². The van der Waals surface area contributed by atoms with Crippen LogP contribution in [0.5, 0.6) is 5.75 Å². The molecule has 2 unspecified atom stereocenters. The highest BCUT2D eigenvalue weighted by Crippen LogP contribution is 2.38. The molecule has 0 saturated heterocycles. The summed E-state index contributed by atoms with van der Waals surface area (Å²) in [6.45, 7) is 4.78. The first-order chi connectivity index (χ1) is 9.63. The van der Waals surface area contributed by atoms with Crippen LogP contribution in [0.15, 0.2) is 53.0 Å². The molecule has 0 aliphatic heterocycles. The average molecular weight is 354 g/mol. The summed E-state index contributed by atoms with van der Waals surface area (Å²) in [5.41, 5.74) is 2.34. The van der Waals surface area contributed by atoms with Gasteiger partial charge in [-0.3, -0.25) is 0 Å². The molecular weight excluding hydrogens is 336 g/mol. The number of ether oxygens (including phenoxy) is 1. The van der Waals surface area contributed by atoms with Crippen molar-refractivity contribution in [3.05, 3.63) is 64.1 Å². The van der Waals surface area contributed by atoms with Gasteiger partial charge in [0, 0.05) is 5.92 Å². The lowest BCUT2D eigenvalue weighted by molar-refractivity contribution is 0.338. The van der Waals surface area contributed by atoms with Crippen molar-refractivity contribution >= 4 is 27.5 Å². The van der Waals surface area contributed by atoms with Crippen LogP contribution in [0.1, 0.15) is 36.3 Å². The highest BCUT2D eigenvalue weighted by molar-refractivity contribution is 9.10. The molecule has 0 amide bonds. The normalized spacial score (nSPS) is 13.8. The summed E-state index contributed by atoms with van der Waals surface area (Å²) in [5, 5.41) is -0.0654. The molecule has 3 heteroatoms. The molecular formula is C17H18BrClO. The van der Waals surface area contributed by atoms with E-state index in [0.29, 0.717) is 6.61 Å². The van der Waals surface area contributed by atoms with E-state index in [1.165, 1.54) is 5.56 Å². The fourth-order valence-corrected chi connectivity index (χ4v) is 2.97. The number of benzene rings is 2. The Morgan fingerprint density at radius 3 is 2.40 bits per heavy atom. The van der Waals surface area contributed by atoms with E-state index in [0.717, 1.165) is 15.8 Å². The van der Waals surface area contributed by atoms with Gasteiger partial charge in [-0.1, -0.05) is 43.3 Å². The van der Waals surface area contributed by atoms with Crippen LogP contribution < -0.4 is 4.74 Å². The topological polar surface area (TPSA) is 9.23 Å². The molecule has 0 bridgehead atoms. The molecule has 0 aliphatic rings. The number of alkyl halides is 1. The van der Waals surface area contributed by atoms with Gasteiger partial charge in [-0.2, -0.15) is 0 Å². The third-order valence-electron chi connectivity index (χ3n) is 3.34. The Hall–Kier alpha value is -0.990. The Labute approximate surface area is 134 Å². The van der Waals surface area contributed by atoms with Crippen LogP contribution in [0, 0.1) is 0 Å². The smallest absolute Gasteiger partial charge is 0.133 e. The maximum Gasteiger partial charge on any atom is 0.133 e. The van der Waals surface area contributed by atoms with Crippen molar-refractivity contribution in [2.75, 3.05) is 6.61 Å². The molecule has 2 atom stereocenters. The summed E-state index contributed by atoms with van der Waals surface area (Å²) < 4.78 is 6.47. The Bertz CT molecular complexity index is 556. The summed E-state index contributed by atoms with van der Waals surface area (Å²) in [4.78, 5) is 0. The molecule has 0 aromatic heterocycles. The van der Waals surface area contributed by atoms with Crippen LogP contribution in [-0.4, -0.2) is 6.61 Å². The molecule has 2 aromatic rings. The van der Waals surface area contributed by atoms with Gasteiger partial charge in [-0.15, -0.1) is 11.6 Å². The summed E-state index contributed by atoms with van der Waals surface area (Å²) in [5.74, 6) is 1.11. The molecule has 0 radical (unpaired) electrons. The van der Waals surface area contributed by atoms with Gasteiger partial charge in [0.05, 0.1) is 16.5 Å². The quantitative estimate of drug-likeness (QED) is 0.605. The Balaban J connectivity index is 2.21. The zero-order valence-electron chi connectivity index (χ0n) is 11.6. The summed E-state index contributed by atoms with van der Waals surface area (Å²) >= 11 is 10.2. The van der Waals surface area contributed by atoms with Crippen LogP contribution in [0.4, 0.5) is 0 Å². The van der Waals surface area contributed by atoms with Gasteiger partial charge in [-0.05, 0) is 46.1 Å². The van der Waals surface area contributed by atoms with E-state index in [4.69, 9.17) is 16.3 Å². The fraction of sp³-hybridized carbons (Fsp3) is 0.294. The van der Waals surface area contributed by atoms with Gasteiger partial charge in [0.15, 0.2) is 0 Å². The van der Waals surface area contributed by atoms with Crippen LogP contribution in [0.25, 0.3) is 0 Å². The standard InChI is InChI=1S/C17H18BrClO/c1-3-20-16-10-9-14(11-15(16)18)17(19)12(2)13-7-5-4-6-8-13/h4-12,17H,3H2,1-2H3. The predicted octanol–water partition coefficient (Wildman–Crippen LogP) is 5.93. The second kappa shape index (κ2) is 7.14. The molecule has 2 rings (SSSR count). The Kier molecular flexibility index (Phi) is 5.50. The second-order valence-corrected chi connectivity index (χ2v) is 6.05. The van der Waals surface area contributed by atoms with Crippen LogP contribution in [0.3, 0.4) is 0 Å². The fourth-order valence-electron chi connectivity index (χ4n) is 2.18. The first-order valence-electron chi connectivity index (χ1n) is 6.74. The van der Waals surface area contributed by atoms with Crippen molar-refractivity contribution in [2.24, 2.45) is 0 Å². The highest BCUT2D eigenvalue weighted by Gasteiger charge is 2.19. The van der Waals surface area contributed by atoms with Crippen LogP contribution in [0.2, 0.25) is 0 Å². The van der Waals surface area contributed by atoms with Gasteiger partial charge in [0.2, 0.25) is 0 Å². The average Bonchev–Trinajstić information content (AvgIpc) is 2.49. The lowest BCUT2D eigenvalue weighted by atomic mass is 9.93. The zero-order chi connectivity index (χ0) is 14.5. The summed E-state index contributed by atoms with van der Waals surface area (Å²) in [7, 11) is 0. The summed E-state index contributed by atoms with van der Waals surface area (Å²) in [6, 6.07) is 16.4. The maximum absolute atomic E-state index is 6.63. The van der Waals surface area contributed by atoms with Crippen molar-refractivity contribution in [3.63, 3.8) is 0 Å². The monoisotopic (exact) mass is 352 g/mol. The summed E-state index contributed by atoms with van der Waals surface area (Å²) in [6.07, 6.45) is 0. The number of rotatable bonds is 5. The minimum atomic E-state index is -0.0654. The molecule has 106 valence electrons. The molecule has 0 spiro atoms. The van der Waals surface area contributed by atoms with Gasteiger partial charge in [0.1, 0.15) is 5.75 Å². The minimum absolute atomic E-state index is 0.0654. The third kappa shape index (κ3) is 3.56. The van der Waals surface area contributed by atoms with E-state index in [1.54, 1.807) is 0 Å². The first kappa shape index (κ1) is 15.4. The van der Waals surface area contributed by atoms with Gasteiger partial charge >= 0.3 is 0 Å². The van der Waals surface area contributed by atoms with Crippen molar-refractivity contribution in [3.8, 4) is 5.75 Å². The molecule has 0 saturated carbocycles. The molecule has 1 nitrogen and oxygen atoms in total. The lowest BCUT2D eigenvalue weighted by Crippen LogP contribution is -2.03. The molecule has 0 aliphatic carbocycles. The number of hydrogen-bond donors (Lipinski definition) is 0. The maximum atomic E-state index is 6.63. The number of hydrogen-bond acceptors (Lipinski definition) is 1. The van der Waals surface area contributed by atoms with E-state index in [1.807, 2.05) is 43.3 Å². The largest absolute Gasteiger partial charge is 0.493 e. The van der Waals surface area contributed by atoms with Crippen LogP contribution >= 0.6 is 27.5 Å². The molecule has 0 N–H and O–H groups in total. The molecule has 2 aromatic carbocycles. The van der Waals surface area contributed by atoms with Gasteiger partial charge in [0.25, 0.3) is 0 Å². The minimum Gasteiger partial charge on any atom is -0.493 e. The van der Waals surface area contributed by atoms with E-state index in [9.17, 15) is 0 Å². The predicted molar refractivity (Wildman–Crippen MR) is 88.8 cm³/mol. The lowest BCUT2D eigenvalue weighted by Gasteiger charge is -2.19. The van der Waals surface area contributed by atoms with E-state index >= 15 is 0 Å². The van der Waals surface area contributed by atoms with E-state index < -0.39 is 0 Å².